The van der Waals surface area contributed by atoms with E-state index >= 15 is 0 Å². The van der Waals surface area contributed by atoms with Gasteiger partial charge in [0.2, 0.25) is 0 Å². The number of fused-ring (bicyclic) bond motifs is 1. The fourth-order valence-electron chi connectivity index (χ4n) is 2.06. The molecular weight excluding hydrogens is 313 g/mol. The quantitative estimate of drug-likeness (QED) is 0.656. The van der Waals surface area contributed by atoms with Gasteiger partial charge in [-0.15, -0.1) is 0 Å². The lowest BCUT2D eigenvalue weighted by Gasteiger charge is -2.19. The highest BCUT2D eigenvalue weighted by molar-refractivity contribution is 9.10. The van der Waals surface area contributed by atoms with Gasteiger partial charge in [0.05, 0.1) is 5.60 Å². The third kappa shape index (κ3) is 3.12. The van der Waals surface area contributed by atoms with Crippen molar-refractivity contribution in [2.24, 2.45) is 0 Å². The average Bonchev–Trinajstić information content (AvgIpc) is 2.66. The number of quaternary nitrogens is 1. The van der Waals surface area contributed by atoms with E-state index in [-0.39, 0.29) is 12.7 Å². The summed E-state index contributed by atoms with van der Waals surface area (Å²) in [6.07, 6.45) is -0.245. The van der Waals surface area contributed by atoms with Gasteiger partial charge in [-0.2, -0.15) is 0 Å². The van der Waals surface area contributed by atoms with E-state index in [1.54, 1.807) is 19.9 Å². The molecule has 1 aromatic carbocycles. The summed E-state index contributed by atoms with van der Waals surface area (Å²) in [5, 5.41) is 19.7. The summed E-state index contributed by atoms with van der Waals surface area (Å²) in [6, 6.07) is 3.61. The lowest BCUT2D eigenvalue weighted by Crippen LogP contribution is -2.53. The van der Waals surface area contributed by atoms with Crippen LogP contribution in [0.3, 0.4) is 0 Å². The Morgan fingerprint density at radius 2 is 2.21 bits per heavy atom. The van der Waals surface area contributed by atoms with Gasteiger partial charge in [-0.25, -0.2) is 0 Å². The summed E-state index contributed by atoms with van der Waals surface area (Å²) >= 11 is 3.46. The summed E-state index contributed by atoms with van der Waals surface area (Å²) in [6.45, 7) is 4.00. The van der Waals surface area contributed by atoms with E-state index in [9.17, 15) is 10.1 Å². The molecule has 1 atom stereocenters. The van der Waals surface area contributed by atoms with Gasteiger partial charge in [-0.05, 0) is 26.0 Å². The molecule has 5 nitrogen and oxygen atoms in total. The van der Waals surface area contributed by atoms with Gasteiger partial charge >= 0.3 is 7.12 Å². The Bertz CT molecular complexity index is 478. The van der Waals surface area contributed by atoms with Crippen molar-refractivity contribution in [1.82, 2.24) is 0 Å². The first-order chi connectivity index (χ1) is 8.83. The molecule has 0 bridgehead atoms. The van der Waals surface area contributed by atoms with E-state index in [4.69, 9.17) is 9.39 Å². The number of hydrogen-bond donors (Lipinski definition) is 3. The Balaban J connectivity index is 2.35. The van der Waals surface area contributed by atoms with Crippen molar-refractivity contribution in [1.29, 1.82) is 0 Å². The number of hydrogen-bond acceptors (Lipinski definition) is 4. The van der Waals surface area contributed by atoms with Crippen molar-refractivity contribution >= 4 is 28.5 Å². The molecule has 7 heteroatoms. The Morgan fingerprint density at radius 1 is 1.53 bits per heavy atom. The van der Waals surface area contributed by atoms with Crippen molar-refractivity contribution < 1.29 is 25.3 Å². The maximum atomic E-state index is 10.0. The Kier molecular flexibility index (Phi) is 4.22. The smallest absolute Gasteiger partial charge is 0.491 e. The van der Waals surface area contributed by atoms with Gasteiger partial charge in [0.15, 0.2) is 0 Å². The molecule has 1 unspecified atom stereocenters. The minimum Gasteiger partial charge on any atom is -0.491 e. The van der Waals surface area contributed by atoms with Gasteiger partial charge in [0.25, 0.3) is 0 Å². The molecule has 0 fully saturated rings. The summed E-state index contributed by atoms with van der Waals surface area (Å²) in [7, 11) is -1.02. The standard InChI is InChI=1S/C12H17BBrNO4/c1-12(2,16)6-18-8-4-3-7(14)10-9(5-15)19-13(17)11(8)10/h3-4,9,16-17H,5-6,15H2,1-2H3/p+1. The second-order valence-electron chi connectivity index (χ2n) is 5.24. The van der Waals surface area contributed by atoms with Gasteiger partial charge < -0.3 is 25.3 Å². The first-order valence-electron chi connectivity index (χ1n) is 6.13. The van der Waals surface area contributed by atoms with Crippen LogP contribution in [0.5, 0.6) is 5.75 Å². The lowest BCUT2D eigenvalue weighted by atomic mass is 9.78. The van der Waals surface area contributed by atoms with Crippen LogP contribution >= 0.6 is 15.9 Å². The van der Waals surface area contributed by atoms with Crippen LogP contribution in [0.1, 0.15) is 25.5 Å². The molecule has 0 radical (unpaired) electrons. The molecule has 0 saturated heterocycles. The molecule has 104 valence electrons. The summed E-state index contributed by atoms with van der Waals surface area (Å²) in [5.74, 6) is 0.531. The molecule has 1 aromatic rings. The van der Waals surface area contributed by atoms with Gasteiger partial charge in [0.1, 0.15) is 25.0 Å². The Hall–Kier alpha value is -0.595. The van der Waals surface area contributed by atoms with Crippen LogP contribution in [-0.2, 0) is 4.65 Å². The molecule has 0 amide bonds. The highest BCUT2D eigenvalue weighted by Gasteiger charge is 2.40. The molecule has 5 N–H and O–H groups in total. The van der Waals surface area contributed by atoms with Crippen molar-refractivity contribution in [3.63, 3.8) is 0 Å². The zero-order chi connectivity index (χ0) is 14.2. The summed E-state index contributed by atoms with van der Waals surface area (Å²) < 4.78 is 11.9. The second-order valence-corrected chi connectivity index (χ2v) is 6.09. The second kappa shape index (κ2) is 5.42. The van der Waals surface area contributed by atoms with Crippen LogP contribution in [0.2, 0.25) is 0 Å². The number of aliphatic hydroxyl groups is 1. The van der Waals surface area contributed by atoms with Crippen LogP contribution in [-0.4, -0.2) is 36.0 Å². The minimum absolute atomic E-state index is 0.142. The first-order valence-corrected chi connectivity index (χ1v) is 6.93. The number of ether oxygens (including phenoxy) is 1. The van der Waals surface area contributed by atoms with E-state index < -0.39 is 12.7 Å². The number of benzene rings is 1. The molecule has 0 saturated carbocycles. The van der Waals surface area contributed by atoms with E-state index in [0.717, 1.165) is 10.0 Å². The lowest BCUT2D eigenvalue weighted by molar-refractivity contribution is -0.383. The van der Waals surface area contributed by atoms with Crippen LogP contribution in [0, 0.1) is 0 Å². The van der Waals surface area contributed by atoms with Crippen molar-refractivity contribution in [2.45, 2.75) is 25.6 Å². The molecule has 0 aromatic heterocycles. The van der Waals surface area contributed by atoms with E-state index in [0.29, 0.717) is 17.8 Å². The molecule has 19 heavy (non-hydrogen) atoms. The summed E-state index contributed by atoms with van der Waals surface area (Å²) in [4.78, 5) is 0. The molecule has 1 aliphatic heterocycles. The predicted molar refractivity (Wildman–Crippen MR) is 75.1 cm³/mol. The van der Waals surface area contributed by atoms with Gasteiger partial charge in [-0.1, -0.05) is 15.9 Å². The van der Waals surface area contributed by atoms with E-state index in [2.05, 4.69) is 21.7 Å². The highest BCUT2D eigenvalue weighted by atomic mass is 79.9. The molecule has 1 heterocycles. The Labute approximate surface area is 121 Å². The van der Waals surface area contributed by atoms with Crippen LogP contribution in [0.4, 0.5) is 0 Å². The third-order valence-electron chi connectivity index (χ3n) is 2.90. The van der Waals surface area contributed by atoms with Crippen LogP contribution in [0.15, 0.2) is 16.6 Å². The maximum absolute atomic E-state index is 10.0. The van der Waals surface area contributed by atoms with Crippen molar-refractivity contribution in [2.75, 3.05) is 13.2 Å². The SMILES string of the molecule is CC(C)(O)COc1ccc(Br)c2c1B(O)OC2C[NH3+]. The van der Waals surface area contributed by atoms with Crippen LogP contribution < -0.4 is 15.9 Å². The van der Waals surface area contributed by atoms with Gasteiger partial charge in [-0.3, -0.25) is 0 Å². The molecular formula is C12H18BBrNO4+. The first kappa shape index (κ1) is 14.8. The van der Waals surface area contributed by atoms with Crippen LogP contribution in [0.25, 0.3) is 0 Å². The largest absolute Gasteiger partial charge is 0.496 e. The fourth-order valence-corrected chi connectivity index (χ4v) is 2.66. The number of rotatable bonds is 4. The number of halogens is 1. The summed E-state index contributed by atoms with van der Waals surface area (Å²) in [5.41, 5.74) is 4.37. The Morgan fingerprint density at radius 3 is 2.79 bits per heavy atom. The minimum atomic E-state index is -1.02. The monoisotopic (exact) mass is 330 g/mol. The third-order valence-corrected chi connectivity index (χ3v) is 3.59. The highest BCUT2D eigenvalue weighted by Crippen LogP contribution is 2.33. The topological polar surface area (TPSA) is 86.6 Å². The zero-order valence-electron chi connectivity index (χ0n) is 11.0. The zero-order valence-corrected chi connectivity index (χ0v) is 12.6. The molecule has 0 aliphatic carbocycles. The van der Waals surface area contributed by atoms with Crippen molar-refractivity contribution in [3.05, 3.63) is 22.2 Å². The fraction of sp³-hybridized carbons (Fsp3) is 0.500. The predicted octanol–water partition coefficient (Wildman–Crippen LogP) is -0.401. The maximum Gasteiger partial charge on any atom is 0.496 e. The van der Waals surface area contributed by atoms with Gasteiger partial charge in [0, 0.05) is 15.5 Å². The molecule has 0 spiro atoms. The molecule has 2 rings (SSSR count). The average molecular weight is 331 g/mol. The normalized spacial score (nSPS) is 18.6. The van der Waals surface area contributed by atoms with Crippen molar-refractivity contribution in [3.8, 4) is 5.75 Å². The van der Waals surface area contributed by atoms with E-state index in [1.165, 1.54) is 0 Å². The molecule has 1 aliphatic rings. The van der Waals surface area contributed by atoms with E-state index in [1.807, 2.05) is 6.07 Å².